The molecule has 0 aromatic heterocycles. The van der Waals surface area contributed by atoms with E-state index in [0.717, 1.165) is 48.6 Å². The van der Waals surface area contributed by atoms with Crippen molar-refractivity contribution in [2.75, 3.05) is 22.3 Å². The summed E-state index contributed by atoms with van der Waals surface area (Å²) in [5.74, 6) is -1.91. The largest absolute Gasteiger partial charge is 0.399 e. The van der Waals surface area contributed by atoms with Gasteiger partial charge in [0.1, 0.15) is 19.6 Å². The van der Waals surface area contributed by atoms with Crippen LogP contribution in [0.15, 0.2) is 103 Å². The van der Waals surface area contributed by atoms with E-state index in [1.54, 1.807) is 0 Å². The van der Waals surface area contributed by atoms with Gasteiger partial charge < -0.3 is 11.5 Å². The van der Waals surface area contributed by atoms with E-state index >= 15 is 0 Å². The summed E-state index contributed by atoms with van der Waals surface area (Å²) >= 11 is 0. The maximum absolute atomic E-state index is 13.2. The summed E-state index contributed by atoms with van der Waals surface area (Å²) in [5, 5.41) is 7.56. The average Bonchev–Trinajstić information content (AvgIpc) is 3.12. The van der Waals surface area contributed by atoms with E-state index in [9.17, 15) is 61.5 Å². The van der Waals surface area contributed by atoms with Crippen LogP contribution in [-0.4, -0.2) is 74.9 Å². The van der Waals surface area contributed by atoms with E-state index in [-0.39, 0.29) is 56.1 Å². The second kappa shape index (κ2) is 14.8. The molecule has 0 unspecified atom stereocenters. The number of Topliss-reactive ketones (excluding diaryl/α,β-unsaturated/α-hetero) is 2. The number of carbonyl (C=O) groups is 2. The molecule has 6 rings (SSSR count). The van der Waals surface area contributed by atoms with Crippen LogP contribution in [0.2, 0.25) is 0 Å². The highest BCUT2D eigenvalue weighted by atomic mass is 32.2. The molecule has 10 N–H and O–H groups in total. The van der Waals surface area contributed by atoms with Crippen molar-refractivity contribution in [1.82, 2.24) is 0 Å². The maximum Gasteiger partial charge on any atom is 0.296 e. The zero-order valence-electron chi connectivity index (χ0n) is 28.8. The number of rotatable bonds is 10. The second-order valence-electron chi connectivity index (χ2n) is 12.3. The molecule has 0 radical (unpaired) electrons. The van der Waals surface area contributed by atoms with E-state index in [4.69, 9.17) is 11.5 Å². The standard InChI is InChI=1S/C34H26N6O14S4/c35-21-7-3-19-11-29(57(49,50)51)31(33(41)25(19)13-21)39-37-23-9-5-17(27(15-23)55(43,44)45)1-2-18-6-10-24(16-28(18)56(46,47)48)38-40-32-30(58(52,53)54)12-20-4-8-22(36)14-26(20)34(32)42/h1-16,37-38H,35-36H2,(H,43,44,45)(H,46,47,48)(H,49,50,51)(H,52,53,54)/b2-1+,39-31+,40-32+. The predicted octanol–water partition coefficient (Wildman–Crippen LogP) is 3.30. The first-order chi connectivity index (χ1) is 26.9. The Balaban J connectivity index is 1.32. The van der Waals surface area contributed by atoms with Crippen molar-refractivity contribution in [3.8, 4) is 0 Å². The van der Waals surface area contributed by atoms with Crippen LogP contribution in [0.4, 0.5) is 22.7 Å². The highest BCUT2D eigenvalue weighted by molar-refractivity contribution is 7.91. The summed E-state index contributed by atoms with van der Waals surface area (Å²) < 4.78 is 138. The number of hydrazone groups is 2. The smallest absolute Gasteiger partial charge is 0.296 e. The van der Waals surface area contributed by atoms with Gasteiger partial charge in [-0.2, -0.15) is 43.9 Å². The van der Waals surface area contributed by atoms with E-state index in [1.807, 2.05) is 0 Å². The highest BCUT2D eigenvalue weighted by Crippen LogP contribution is 2.31. The SMILES string of the molecule is Nc1ccc2c(c1)C(=O)/C(=N/Nc1ccc(/C=C/c3ccc(N/N=C4/C(=O)c5cc(N)ccc5C=C4S(=O)(=O)O)cc3S(=O)(=O)O)c(S(=O)(=O)O)c1)C(S(=O)(=O)O)=C2. The summed E-state index contributed by atoms with van der Waals surface area (Å²) in [6.07, 6.45) is 4.03. The molecule has 24 heteroatoms. The number of nitrogens with zero attached hydrogens (tertiary/aromatic N) is 2. The Morgan fingerprint density at radius 3 is 1.19 bits per heavy atom. The van der Waals surface area contributed by atoms with Gasteiger partial charge in [-0.3, -0.25) is 38.7 Å². The summed E-state index contributed by atoms with van der Waals surface area (Å²) in [6, 6.07) is 14.2. The Bertz CT molecular complexity index is 2910. The number of benzene rings is 4. The molecule has 4 aromatic rings. The van der Waals surface area contributed by atoms with Crippen LogP contribution in [0.3, 0.4) is 0 Å². The number of allylic oxidation sites excluding steroid dienone is 2. The molecule has 0 amide bonds. The first-order valence-electron chi connectivity index (χ1n) is 15.8. The molecule has 300 valence electrons. The van der Waals surface area contributed by atoms with Gasteiger partial charge in [0.25, 0.3) is 40.5 Å². The van der Waals surface area contributed by atoms with E-state index in [0.29, 0.717) is 0 Å². The Labute approximate surface area is 329 Å². The molecule has 2 aliphatic rings. The highest BCUT2D eigenvalue weighted by Gasteiger charge is 2.34. The van der Waals surface area contributed by atoms with Crippen LogP contribution in [-0.2, 0) is 40.5 Å². The number of nitrogens with one attached hydrogen (secondary N) is 2. The van der Waals surface area contributed by atoms with Gasteiger partial charge in [0.15, 0.2) is 11.4 Å². The van der Waals surface area contributed by atoms with Crippen molar-refractivity contribution in [2.24, 2.45) is 10.2 Å². The lowest BCUT2D eigenvalue weighted by Gasteiger charge is -2.16. The molecule has 0 spiro atoms. The van der Waals surface area contributed by atoms with Gasteiger partial charge in [0, 0.05) is 22.5 Å². The zero-order chi connectivity index (χ0) is 42.5. The fourth-order valence-electron chi connectivity index (χ4n) is 5.65. The molecule has 0 atom stereocenters. The molecule has 0 aliphatic heterocycles. The number of nitrogens with two attached hydrogens (primary N) is 2. The van der Waals surface area contributed by atoms with Crippen LogP contribution in [0, 0.1) is 0 Å². The van der Waals surface area contributed by atoms with Crippen LogP contribution < -0.4 is 22.3 Å². The molecule has 0 fully saturated rings. The lowest BCUT2D eigenvalue weighted by Crippen LogP contribution is -2.27. The van der Waals surface area contributed by atoms with Gasteiger partial charge in [-0.15, -0.1) is 0 Å². The van der Waals surface area contributed by atoms with Crippen molar-refractivity contribution in [1.29, 1.82) is 0 Å². The van der Waals surface area contributed by atoms with Crippen molar-refractivity contribution in [3.63, 3.8) is 0 Å². The molecule has 58 heavy (non-hydrogen) atoms. The average molecular weight is 871 g/mol. The molecule has 2 aliphatic carbocycles. The molecule has 0 saturated carbocycles. The number of carbonyl (C=O) groups excluding carboxylic acids is 2. The number of nitrogen functional groups attached to an aromatic ring is 2. The van der Waals surface area contributed by atoms with Gasteiger partial charge in [-0.25, -0.2) is 0 Å². The number of hydrogen-bond donors (Lipinski definition) is 8. The van der Waals surface area contributed by atoms with Crippen molar-refractivity contribution in [3.05, 3.63) is 116 Å². The van der Waals surface area contributed by atoms with Gasteiger partial charge in [0.05, 0.1) is 11.4 Å². The number of anilines is 4. The van der Waals surface area contributed by atoms with Gasteiger partial charge >= 0.3 is 0 Å². The lowest BCUT2D eigenvalue weighted by atomic mass is 9.94. The Hall–Kier alpha value is -6.38. The summed E-state index contributed by atoms with van der Waals surface area (Å²) in [4.78, 5) is 23.0. The van der Waals surface area contributed by atoms with Crippen LogP contribution >= 0.6 is 0 Å². The third-order valence-corrected chi connectivity index (χ3v) is 11.8. The number of ketones is 2. The summed E-state index contributed by atoms with van der Waals surface area (Å²) in [7, 11) is -20.1. The third kappa shape index (κ3) is 8.62. The fourth-order valence-corrected chi connectivity index (χ4v) is 8.38. The third-order valence-electron chi connectivity index (χ3n) is 8.29. The van der Waals surface area contributed by atoms with Gasteiger partial charge in [-0.05, 0) is 82.9 Å². The van der Waals surface area contributed by atoms with Crippen LogP contribution in [0.1, 0.15) is 43.0 Å². The molecular formula is C34H26N6O14S4. The van der Waals surface area contributed by atoms with E-state index in [2.05, 4.69) is 21.1 Å². The predicted molar refractivity (Wildman–Crippen MR) is 213 cm³/mol. The van der Waals surface area contributed by atoms with Gasteiger partial charge in [0.2, 0.25) is 11.6 Å². The van der Waals surface area contributed by atoms with Crippen LogP contribution in [0.25, 0.3) is 24.3 Å². The normalized spacial score (nSPS) is 16.2. The van der Waals surface area contributed by atoms with Gasteiger partial charge in [-0.1, -0.05) is 36.4 Å². The first kappa shape index (κ1) is 41.3. The number of hydrogen-bond acceptors (Lipinski definition) is 16. The quantitative estimate of drug-likeness (QED) is 0.0490. The monoisotopic (exact) mass is 870 g/mol. The summed E-state index contributed by atoms with van der Waals surface area (Å²) in [6.45, 7) is 0. The van der Waals surface area contributed by atoms with Crippen molar-refractivity contribution in [2.45, 2.75) is 9.79 Å². The maximum atomic E-state index is 13.2. The Kier molecular flexibility index (Phi) is 10.6. The number of fused-ring (bicyclic) bond motifs is 2. The molecule has 0 bridgehead atoms. The molecular weight excluding hydrogens is 845 g/mol. The lowest BCUT2D eigenvalue weighted by molar-refractivity contribution is 0.105. The van der Waals surface area contributed by atoms with E-state index < -0.39 is 83.1 Å². The molecule has 0 heterocycles. The fraction of sp³-hybridized carbons (Fsp3) is 0. The minimum absolute atomic E-state index is 0.0478. The minimum atomic E-state index is -5.06. The Morgan fingerprint density at radius 1 is 0.500 bits per heavy atom. The molecule has 20 nitrogen and oxygen atoms in total. The van der Waals surface area contributed by atoms with E-state index in [1.165, 1.54) is 48.5 Å². The topological polar surface area (TPSA) is 352 Å². The van der Waals surface area contributed by atoms with Crippen molar-refractivity contribution >= 4 is 111 Å². The Morgan fingerprint density at radius 2 is 0.862 bits per heavy atom. The van der Waals surface area contributed by atoms with Crippen LogP contribution in [0.5, 0.6) is 0 Å². The minimum Gasteiger partial charge on any atom is -0.399 e. The first-order valence-corrected chi connectivity index (χ1v) is 21.5. The molecule has 4 aromatic carbocycles. The second-order valence-corrected chi connectivity index (χ2v) is 17.8. The molecule has 0 saturated heterocycles. The zero-order valence-corrected chi connectivity index (χ0v) is 32.1. The van der Waals surface area contributed by atoms with Crippen molar-refractivity contribution < 1.29 is 61.5 Å². The summed E-state index contributed by atoms with van der Waals surface area (Å²) in [5.41, 5.74) is 14.1.